The fourth-order valence-corrected chi connectivity index (χ4v) is 2.43. The van der Waals surface area contributed by atoms with Gasteiger partial charge in [-0.05, 0) is 31.9 Å². The Morgan fingerprint density at radius 3 is 3.00 bits per heavy atom. The lowest BCUT2D eigenvalue weighted by atomic mass is 10.1. The molecule has 0 bridgehead atoms. The highest BCUT2D eigenvalue weighted by molar-refractivity contribution is 6.30. The van der Waals surface area contributed by atoms with E-state index in [4.69, 9.17) is 11.6 Å². The van der Waals surface area contributed by atoms with Crippen LogP contribution in [-0.4, -0.2) is 22.6 Å². The van der Waals surface area contributed by atoms with Gasteiger partial charge in [0, 0.05) is 35.3 Å². The Hall–Kier alpha value is -1.32. The van der Waals surface area contributed by atoms with Gasteiger partial charge in [0.2, 0.25) is 0 Å². The van der Waals surface area contributed by atoms with Crippen molar-refractivity contribution in [2.75, 3.05) is 6.54 Å². The summed E-state index contributed by atoms with van der Waals surface area (Å²) in [4.78, 5) is 8.05. The molecule has 1 heterocycles. The molecule has 1 saturated carbocycles. The quantitative estimate of drug-likeness (QED) is 0.879. The molecular formula is C15H18ClN3. The number of nitrogens with one attached hydrogen (secondary N) is 2. The lowest BCUT2D eigenvalue weighted by Gasteiger charge is -1.99. The molecule has 1 aromatic heterocycles. The summed E-state index contributed by atoms with van der Waals surface area (Å²) in [6.45, 7) is 3.05. The third-order valence-corrected chi connectivity index (χ3v) is 3.64. The predicted molar refractivity (Wildman–Crippen MR) is 78.5 cm³/mol. The van der Waals surface area contributed by atoms with Crippen LogP contribution in [0.3, 0.4) is 0 Å². The van der Waals surface area contributed by atoms with E-state index in [1.165, 1.54) is 12.8 Å². The van der Waals surface area contributed by atoms with E-state index in [1.54, 1.807) is 0 Å². The van der Waals surface area contributed by atoms with Crippen LogP contribution in [0, 0.1) is 6.92 Å². The Bertz CT molecular complexity index is 573. The Labute approximate surface area is 118 Å². The number of aromatic nitrogens is 2. The summed E-state index contributed by atoms with van der Waals surface area (Å²) in [7, 11) is 0. The van der Waals surface area contributed by atoms with Crippen LogP contribution in [-0.2, 0) is 6.42 Å². The first-order valence-corrected chi connectivity index (χ1v) is 7.15. The van der Waals surface area contributed by atoms with Crippen LogP contribution >= 0.6 is 11.6 Å². The summed E-state index contributed by atoms with van der Waals surface area (Å²) >= 11 is 6.03. The van der Waals surface area contributed by atoms with Crippen molar-refractivity contribution in [3.05, 3.63) is 40.8 Å². The molecule has 1 aromatic carbocycles. The molecule has 0 amide bonds. The highest BCUT2D eigenvalue weighted by atomic mass is 35.5. The van der Waals surface area contributed by atoms with Gasteiger partial charge >= 0.3 is 0 Å². The SMILES string of the molecule is Cc1[nH]c(CCNC2CC2)nc1-c1cccc(Cl)c1. The van der Waals surface area contributed by atoms with E-state index < -0.39 is 0 Å². The number of nitrogens with zero attached hydrogens (tertiary/aromatic N) is 1. The van der Waals surface area contributed by atoms with Gasteiger partial charge in [-0.1, -0.05) is 23.7 Å². The van der Waals surface area contributed by atoms with E-state index in [9.17, 15) is 0 Å². The maximum Gasteiger partial charge on any atom is 0.108 e. The van der Waals surface area contributed by atoms with Crippen molar-refractivity contribution < 1.29 is 0 Å². The van der Waals surface area contributed by atoms with E-state index in [0.717, 1.165) is 46.8 Å². The average molecular weight is 276 g/mol. The number of hydrogen-bond donors (Lipinski definition) is 2. The lowest BCUT2D eigenvalue weighted by molar-refractivity contribution is 0.669. The van der Waals surface area contributed by atoms with Gasteiger partial charge in [-0.2, -0.15) is 0 Å². The minimum Gasteiger partial charge on any atom is -0.346 e. The number of imidazole rings is 1. The number of H-pyrrole nitrogens is 1. The van der Waals surface area contributed by atoms with Crippen molar-refractivity contribution in [3.63, 3.8) is 0 Å². The van der Waals surface area contributed by atoms with Gasteiger partial charge in [0.25, 0.3) is 0 Å². The number of hydrogen-bond acceptors (Lipinski definition) is 2. The fourth-order valence-electron chi connectivity index (χ4n) is 2.24. The minimum atomic E-state index is 0.747. The molecule has 0 radical (unpaired) electrons. The third-order valence-electron chi connectivity index (χ3n) is 3.40. The van der Waals surface area contributed by atoms with Gasteiger partial charge in [-0.3, -0.25) is 0 Å². The number of benzene rings is 1. The molecule has 1 aliphatic rings. The maximum absolute atomic E-state index is 6.03. The van der Waals surface area contributed by atoms with Crippen molar-refractivity contribution >= 4 is 11.6 Å². The molecule has 0 saturated heterocycles. The smallest absolute Gasteiger partial charge is 0.108 e. The van der Waals surface area contributed by atoms with Crippen LogP contribution in [0.1, 0.15) is 24.4 Å². The number of rotatable bonds is 5. The molecule has 1 aliphatic carbocycles. The molecule has 4 heteroatoms. The van der Waals surface area contributed by atoms with Crippen LogP contribution in [0.2, 0.25) is 5.02 Å². The molecule has 0 aliphatic heterocycles. The predicted octanol–water partition coefficient (Wildman–Crippen LogP) is 3.33. The van der Waals surface area contributed by atoms with E-state index in [2.05, 4.69) is 22.2 Å². The largest absolute Gasteiger partial charge is 0.346 e. The zero-order chi connectivity index (χ0) is 13.2. The van der Waals surface area contributed by atoms with E-state index in [0.29, 0.717) is 0 Å². The molecule has 1 fully saturated rings. The second-order valence-corrected chi connectivity index (χ2v) is 5.58. The fraction of sp³-hybridized carbons (Fsp3) is 0.400. The summed E-state index contributed by atoms with van der Waals surface area (Å²) < 4.78 is 0. The highest BCUT2D eigenvalue weighted by Gasteiger charge is 2.20. The van der Waals surface area contributed by atoms with Gasteiger partial charge in [-0.25, -0.2) is 4.98 Å². The van der Waals surface area contributed by atoms with Gasteiger partial charge in [-0.15, -0.1) is 0 Å². The molecule has 3 nitrogen and oxygen atoms in total. The molecule has 3 rings (SSSR count). The summed E-state index contributed by atoms with van der Waals surface area (Å²) in [5.74, 6) is 1.04. The minimum absolute atomic E-state index is 0.747. The first-order chi connectivity index (χ1) is 9.22. The molecule has 0 atom stereocenters. The molecule has 0 spiro atoms. The Morgan fingerprint density at radius 2 is 2.26 bits per heavy atom. The summed E-state index contributed by atoms with van der Waals surface area (Å²) in [5.41, 5.74) is 3.18. The van der Waals surface area contributed by atoms with Crippen LogP contribution < -0.4 is 5.32 Å². The van der Waals surface area contributed by atoms with Crippen molar-refractivity contribution in [1.82, 2.24) is 15.3 Å². The molecule has 19 heavy (non-hydrogen) atoms. The van der Waals surface area contributed by atoms with Gasteiger partial charge in [0.05, 0.1) is 5.69 Å². The highest BCUT2D eigenvalue weighted by Crippen LogP contribution is 2.24. The Balaban J connectivity index is 1.72. The van der Waals surface area contributed by atoms with E-state index in [1.807, 2.05) is 24.3 Å². The summed E-state index contributed by atoms with van der Waals surface area (Å²) in [6, 6.07) is 8.59. The third kappa shape index (κ3) is 3.17. The Kier molecular flexibility index (Phi) is 3.58. The number of aromatic amines is 1. The monoisotopic (exact) mass is 275 g/mol. The normalized spacial score (nSPS) is 14.8. The number of aryl methyl sites for hydroxylation is 1. The number of halogens is 1. The topological polar surface area (TPSA) is 40.7 Å². The maximum atomic E-state index is 6.03. The zero-order valence-corrected chi connectivity index (χ0v) is 11.8. The van der Waals surface area contributed by atoms with Gasteiger partial charge in [0.15, 0.2) is 0 Å². The van der Waals surface area contributed by atoms with Gasteiger partial charge < -0.3 is 10.3 Å². The second-order valence-electron chi connectivity index (χ2n) is 5.15. The standard InChI is InChI=1S/C15H18ClN3/c1-10-15(11-3-2-4-12(16)9-11)19-14(18-10)7-8-17-13-5-6-13/h2-4,9,13,17H,5-8H2,1H3,(H,18,19). The summed E-state index contributed by atoms with van der Waals surface area (Å²) in [6.07, 6.45) is 3.59. The zero-order valence-electron chi connectivity index (χ0n) is 11.0. The lowest BCUT2D eigenvalue weighted by Crippen LogP contribution is -2.19. The van der Waals surface area contributed by atoms with E-state index in [-0.39, 0.29) is 0 Å². The van der Waals surface area contributed by atoms with Crippen LogP contribution in [0.5, 0.6) is 0 Å². The van der Waals surface area contributed by atoms with Crippen LogP contribution in [0.15, 0.2) is 24.3 Å². The van der Waals surface area contributed by atoms with Crippen molar-refractivity contribution in [1.29, 1.82) is 0 Å². The van der Waals surface area contributed by atoms with Crippen molar-refractivity contribution in [2.24, 2.45) is 0 Å². The molecule has 2 N–H and O–H groups in total. The first-order valence-electron chi connectivity index (χ1n) is 6.77. The van der Waals surface area contributed by atoms with Gasteiger partial charge in [0.1, 0.15) is 5.82 Å². The molecule has 100 valence electrons. The molecule has 0 unspecified atom stereocenters. The molecule has 2 aromatic rings. The van der Waals surface area contributed by atoms with Crippen molar-refractivity contribution in [3.8, 4) is 11.3 Å². The summed E-state index contributed by atoms with van der Waals surface area (Å²) in [5, 5.41) is 4.25. The van der Waals surface area contributed by atoms with Crippen LogP contribution in [0.25, 0.3) is 11.3 Å². The Morgan fingerprint density at radius 1 is 1.42 bits per heavy atom. The first kappa shape index (κ1) is 12.7. The molecular weight excluding hydrogens is 258 g/mol. The second kappa shape index (κ2) is 5.35. The van der Waals surface area contributed by atoms with Crippen LogP contribution in [0.4, 0.5) is 0 Å². The van der Waals surface area contributed by atoms with Crippen molar-refractivity contribution in [2.45, 2.75) is 32.2 Å². The van der Waals surface area contributed by atoms with E-state index >= 15 is 0 Å². The average Bonchev–Trinajstić information content (AvgIpc) is 3.12.